The molecule has 15 heavy (non-hydrogen) atoms. The van der Waals surface area contributed by atoms with Gasteiger partial charge in [-0.1, -0.05) is 20.8 Å². The summed E-state index contributed by atoms with van der Waals surface area (Å²) in [7, 11) is -6.06. The molecule has 0 heterocycles. The third kappa shape index (κ3) is 4.70. The molecule has 5 nitrogen and oxygen atoms in total. The average Bonchev–Trinajstić information content (AvgIpc) is 1.79. The third-order valence-corrected chi connectivity index (χ3v) is 6.77. The zero-order chi connectivity index (χ0) is 11.8. The van der Waals surface area contributed by atoms with E-state index in [2.05, 4.69) is 0 Å². The summed E-state index contributed by atoms with van der Waals surface area (Å²) < 4.78 is 28.9. The number of hydrogen-bond donors (Lipinski definition) is 2. The van der Waals surface area contributed by atoms with Crippen molar-refractivity contribution in [2.75, 3.05) is 0 Å². The summed E-state index contributed by atoms with van der Waals surface area (Å²) in [6.45, 7) is 6.38. The second-order valence-electron chi connectivity index (χ2n) is 4.75. The van der Waals surface area contributed by atoms with Crippen LogP contribution in [0.2, 0.25) is 5.04 Å². The predicted molar refractivity (Wildman–Crippen MR) is 63.0 cm³/mol. The van der Waals surface area contributed by atoms with Gasteiger partial charge in [0.2, 0.25) is 0 Å². The van der Waals surface area contributed by atoms with Gasteiger partial charge >= 0.3 is 24.8 Å². The van der Waals surface area contributed by atoms with Crippen LogP contribution < -0.4 is 0 Å². The maximum absolute atomic E-state index is 11.0. The Morgan fingerprint density at radius 2 is 1.53 bits per heavy atom. The first-order valence-electron chi connectivity index (χ1n) is 4.10. The molecule has 86 valence electrons. The monoisotopic (exact) mass is 248 g/mol. The molecule has 0 bridgehead atoms. The molecule has 0 spiro atoms. The summed E-state index contributed by atoms with van der Waals surface area (Å²) >= 11 is 0. The fraction of sp³-hybridized carbons (Fsp3) is 0.857. The van der Waals surface area contributed by atoms with Crippen molar-refractivity contribution in [2.45, 2.75) is 37.1 Å². The Hall–Kier alpha value is 0.194. The number of hydrogen-bond acceptors (Lipinski definition) is 3. The van der Waals surface area contributed by atoms with Gasteiger partial charge < -0.3 is 5.11 Å². The van der Waals surface area contributed by atoms with Crippen LogP contribution in [0.3, 0.4) is 0 Å². The van der Waals surface area contributed by atoms with E-state index >= 15 is 0 Å². The summed E-state index contributed by atoms with van der Waals surface area (Å²) in [6.07, 6.45) is 0. The van der Waals surface area contributed by atoms with Gasteiger partial charge in [-0.3, -0.25) is 9.35 Å². The SMILES string of the molecule is CC(C)(C)[SiH2]C(C)(C(=O)O)S(=O)(=O)O.[LiH]. The van der Waals surface area contributed by atoms with E-state index in [1.807, 2.05) is 0 Å². The van der Waals surface area contributed by atoms with Crippen molar-refractivity contribution in [3.63, 3.8) is 0 Å². The van der Waals surface area contributed by atoms with Gasteiger partial charge in [0.15, 0.2) is 4.37 Å². The summed E-state index contributed by atoms with van der Waals surface area (Å²) in [4.78, 5) is 10.8. The van der Waals surface area contributed by atoms with Crippen LogP contribution in [0.25, 0.3) is 0 Å². The summed E-state index contributed by atoms with van der Waals surface area (Å²) in [5.74, 6) is -1.47. The molecule has 0 aliphatic carbocycles. The molecule has 1 atom stereocenters. The Balaban J connectivity index is 0. The second kappa shape index (κ2) is 5.02. The van der Waals surface area contributed by atoms with Crippen LogP contribution in [0, 0.1) is 0 Å². The van der Waals surface area contributed by atoms with Crippen LogP contribution in [0.1, 0.15) is 27.7 Å². The van der Waals surface area contributed by atoms with Crippen molar-refractivity contribution in [2.24, 2.45) is 0 Å². The Labute approximate surface area is 104 Å². The van der Waals surface area contributed by atoms with E-state index in [-0.39, 0.29) is 23.9 Å². The molecule has 0 aliphatic heterocycles. The van der Waals surface area contributed by atoms with Crippen LogP contribution >= 0.6 is 0 Å². The van der Waals surface area contributed by atoms with Gasteiger partial charge in [0.25, 0.3) is 10.1 Å². The molecule has 0 rings (SSSR count). The molecule has 0 fully saturated rings. The minimum atomic E-state index is -4.53. The molecule has 0 saturated heterocycles. The van der Waals surface area contributed by atoms with Gasteiger partial charge in [-0.15, -0.1) is 0 Å². The first kappa shape index (κ1) is 17.6. The zero-order valence-electron chi connectivity index (χ0n) is 8.73. The number of carboxylic acid groups (broad SMARTS) is 1. The van der Waals surface area contributed by atoms with E-state index in [1.54, 1.807) is 20.8 Å². The van der Waals surface area contributed by atoms with Gasteiger partial charge in [0, 0.05) is 0 Å². The molecule has 0 radical (unpaired) electrons. The normalized spacial score (nSPS) is 17.1. The summed E-state index contributed by atoms with van der Waals surface area (Å²) in [5.41, 5.74) is 0. The van der Waals surface area contributed by atoms with E-state index < -0.39 is 30.0 Å². The Morgan fingerprint density at radius 3 is 1.60 bits per heavy atom. The molecule has 8 heteroatoms. The Kier molecular flexibility index (Phi) is 5.88. The molecule has 2 N–H and O–H groups in total. The molecule has 0 aromatic carbocycles. The van der Waals surface area contributed by atoms with Crippen molar-refractivity contribution < 1.29 is 22.9 Å². The fourth-order valence-electron chi connectivity index (χ4n) is 1.29. The van der Waals surface area contributed by atoms with E-state index in [9.17, 15) is 13.2 Å². The van der Waals surface area contributed by atoms with E-state index in [4.69, 9.17) is 9.66 Å². The van der Waals surface area contributed by atoms with Gasteiger partial charge in [-0.2, -0.15) is 8.42 Å². The first-order valence-corrected chi connectivity index (χ1v) is 6.96. The molecule has 1 unspecified atom stereocenters. The number of carboxylic acids is 1. The Morgan fingerprint density at radius 1 is 1.20 bits per heavy atom. The molecule has 0 amide bonds. The maximum atomic E-state index is 11.0. The van der Waals surface area contributed by atoms with Gasteiger partial charge in [-0.05, 0) is 12.0 Å². The average molecular weight is 248 g/mol. The molecule has 0 saturated carbocycles. The molecular formula is C7H17LiO5SSi. The fourth-order valence-corrected chi connectivity index (χ4v) is 5.71. The van der Waals surface area contributed by atoms with E-state index in [0.29, 0.717) is 0 Å². The van der Waals surface area contributed by atoms with Gasteiger partial charge in [0.05, 0.1) is 9.52 Å². The van der Waals surface area contributed by atoms with Crippen molar-refractivity contribution in [1.29, 1.82) is 0 Å². The van der Waals surface area contributed by atoms with Crippen LogP contribution in [0.4, 0.5) is 0 Å². The van der Waals surface area contributed by atoms with Crippen LogP contribution in [-0.4, -0.2) is 56.8 Å². The first-order chi connectivity index (χ1) is 5.90. The topological polar surface area (TPSA) is 91.7 Å². The minimum absolute atomic E-state index is 0. The van der Waals surface area contributed by atoms with E-state index in [0.717, 1.165) is 6.92 Å². The third-order valence-electron chi connectivity index (χ3n) is 1.89. The van der Waals surface area contributed by atoms with Crippen LogP contribution in [0.5, 0.6) is 0 Å². The van der Waals surface area contributed by atoms with Crippen molar-refractivity contribution in [1.82, 2.24) is 0 Å². The summed E-state index contributed by atoms with van der Waals surface area (Å²) in [6, 6.07) is 0. The zero-order valence-corrected chi connectivity index (χ0v) is 11.0. The van der Waals surface area contributed by atoms with Crippen LogP contribution in [0.15, 0.2) is 0 Å². The van der Waals surface area contributed by atoms with Gasteiger partial charge in [-0.25, -0.2) is 0 Å². The molecular weight excluding hydrogens is 231 g/mol. The molecule has 0 aliphatic rings. The number of carbonyl (C=O) groups is 1. The standard InChI is InChI=1S/C7H16O5SSi.Li.H/c1-6(2,3)14-7(4,5(8)9)13(10,11)12;;/h14H2,1-4H3,(H,8,9)(H,10,11,12);;. The number of aliphatic carboxylic acids is 1. The van der Waals surface area contributed by atoms with Crippen LogP contribution in [-0.2, 0) is 14.9 Å². The van der Waals surface area contributed by atoms with Crippen molar-refractivity contribution in [3.8, 4) is 0 Å². The predicted octanol–water partition coefficient (Wildman–Crippen LogP) is -0.586. The molecule has 0 aromatic rings. The molecule has 0 aromatic heterocycles. The van der Waals surface area contributed by atoms with Crippen molar-refractivity contribution >= 4 is 44.5 Å². The number of rotatable bonds is 3. The summed E-state index contributed by atoms with van der Waals surface area (Å²) in [5, 5.41) is 8.47. The second-order valence-corrected chi connectivity index (χ2v) is 11.0. The van der Waals surface area contributed by atoms with Crippen molar-refractivity contribution in [3.05, 3.63) is 0 Å². The Bertz CT molecular complexity index is 334. The van der Waals surface area contributed by atoms with E-state index in [1.165, 1.54) is 0 Å². The van der Waals surface area contributed by atoms with Gasteiger partial charge in [0.1, 0.15) is 0 Å². The quantitative estimate of drug-likeness (QED) is 0.514.